The number of rotatable bonds is 4. The summed E-state index contributed by atoms with van der Waals surface area (Å²) in [4.78, 5) is 11.9. The fourth-order valence-corrected chi connectivity index (χ4v) is 5.09. The lowest BCUT2D eigenvalue weighted by atomic mass is 9.95. The summed E-state index contributed by atoms with van der Waals surface area (Å²) in [6.07, 6.45) is 0. The SMILES string of the molecule is COSc1ccccc1-c1cc(C)nc2c1ccc1c(-c3ccccc3S)cc(C)nc12. The zero-order valence-corrected chi connectivity index (χ0v) is 19.8. The van der Waals surface area contributed by atoms with Crippen molar-refractivity contribution >= 4 is 46.5 Å². The van der Waals surface area contributed by atoms with E-state index in [9.17, 15) is 0 Å². The Morgan fingerprint density at radius 1 is 0.688 bits per heavy atom. The van der Waals surface area contributed by atoms with E-state index in [0.717, 1.165) is 65.2 Å². The Morgan fingerprint density at radius 2 is 1.22 bits per heavy atom. The van der Waals surface area contributed by atoms with Crippen LogP contribution in [0.4, 0.5) is 0 Å². The van der Waals surface area contributed by atoms with Crippen LogP contribution in [-0.2, 0) is 4.18 Å². The molecule has 0 unspecified atom stereocenters. The highest BCUT2D eigenvalue weighted by atomic mass is 32.2. The number of thiol groups is 1. The van der Waals surface area contributed by atoms with Crippen molar-refractivity contribution in [2.45, 2.75) is 23.6 Å². The third kappa shape index (κ3) is 3.66. The van der Waals surface area contributed by atoms with Gasteiger partial charge in [-0.05, 0) is 60.4 Å². The maximum absolute atomic E-state index is 5.38. The minimum Gasteiger partial charge on any atom is -0.314 e. The zero-order valence-electron chi connectivity index (χ0n) is 18.1. The van der Waals surface area contributed by atoms with Crippen LogP contribution in [-0.4, -0.2) is 17.1 Å². The first-order valence-electron chi connectivity index (χ1n) is 10.4. The van der Waals surface area contributed by atoms with Gasteiger partial charge in [0.15, 0.2) is 0 Å². The van der Waals surface area contributed by atoms with Crippen molar-refractivity contribution in [3.63, 3.8) is 0 Å². The predicted octanol–water partition coefficient (Wildman–Crippen LogP) is 7.68. The van der Waals surface area contributed by atoms with E-state index < -0.39 is 0 Å². The molecule has 158 valence electrons. The Bertz CT molecular complexity index is 1480. The van der Waals surface area contributed by atoms with E-state index in [1.165, 1.54) is 12.0 Å². The van der Waals surface area contributed by atoms with Crippen molar-refractivity contribution in [2.75, 3.05) is 7.11 Å². The summed E-state index contributed by atoms with van der Waals surface area (Å²) in [5, 5.41) is 2.16. The Labute approximate surface area is 197 Å². The Morgan fingerprint density at radius 3 is 1.81 bits per heavy atom. The number of pyridine rings is 2. The molecule has 0 aliphatic carbocycles. The summed E-state index contributed by atoms with van der Waals surface area (Å²) in [6, 6.07) is 25.1. The molecule has 0 bridgehead atoms. The minimum atomic E-state index is 0.913. The molecule has 0 aliphatic heterocycles. The largest absolute Gasteiger partial charge is 0.314 e. The molecule has 2 aromatic heterocycles. The monoisotopic (exact) mass is 454 g/mol. The van der Waals surface area contributed by atoms with Gasteiger partial charge >= 0.3 is 0 Å². The van der Waals surface area contributed by atoms with Crippen LogP contribution >= 0.6 is 24.7 Å². The summed E-state index contributed by atoms with van der Waals surface area (Å²) >= 11 is 6.08. The molecule has 0 atom stereocenters. The lowest BCUT2D eigenvalue weighted by Crippen LogP contribution is -1.95. The summed E-state index contributed by atoms with van der Waals surface area (Å²) < 4.78 is 5.38. The highest BCUT2D eigenvalue weighted by Gasteiger charge is 2.16. The quantitative estimate of drug-likeness (QED) is 0.172. The molecule has 0 fully saturated rings. The van der Waals surface area contributed by atoms with Crippen LogP contribution in [0.5, 0.6) is 0 Å². The van der Waals surface area contributed by atoms with Gasteiger partial charge in [0.25, 0.3) is 0 Å². The number of hydrogen-bond acceptors (Lipinski definition) is 5. The Hall–Kier alpha value is -2.86. The van der Waals surface area contributed by atoms with Crippen LogP contribution in [0.2, 0.25) is 0 Å². The molecular formula is C27H22N2OS2. The van der Waals surface area contributed by atoms with Crippen LogP contribution < -0.4 is 0 Å². The van der Waals surface area contributed by atoms with Gasteiger partial charge in [0.05, 0.1) is 18.1 Å². The van der Waals surface area contributed by atoms with E-state index in [1.54, 1.807) is 7.11 Å². The first kappa shape index (κ1) is 21.0. The van der Waals surface area contributed by atoms with E-state index in [4.69, 9.17) is 26.8 Å². The molecule has 0 saturated heterocycles. The maximum Gasteiger partial charge on any atom is 0.0974 e. The smallest absolute Gasteiger partial charge is 0.0974 e. The van der Waals surface area contributed by atoms with Gasteiger partial charge in [-0.25, -0.2) is 0 Å². The molecule has 5 aromatic rings. The molecule has 5 rings (SSSR count). The molecule has 0 N–H and O–H groups in total. The van der Waals surface area contributed by atoms with E-state index in [-0.39, 0.29) is 0 Å². The van der Waals surface area contributed by atoms with E-state index in [1.807, 2.05) is 38.1 Å². The van der Waals surface area contributed by atoms with Crippen LogP contribution in [0.25, 0.3) is 44.1 Å². The van der Waals surface area contributed by atoms with Gasteiger partial charge in [-0.15, -0.1) is 12.6 Å². The highest BCUT2D eigenvalue weighted by molar-refractivity contribution is 7.94. The lowest BCUT2D eigenvalue weighted by molar-refractivity contribution is 0.490. The molecule has 2 heterocycles. The lowest BCUT2D eigenvalue weighted by Gasteiger charge is -2.15. The van der Waals surface area contributed by atoms with Gasteiger partial charge < -0.3 is 4.18 Å². The molecule has 3 aromatic carbocycles. The number of fused-ring (bicyclic) bond motifs is 3. The van der Waals surface area contributed by atoms with Crippen LogP contribution in [0.15, 0.2) is 82.6 Å². The van der Waals surface area contributed by atoms with Gasteiger partial charge in [-0.1, -0.05) is 48.5 Å². The van der Waals surface area contributed by atoms with Crippen LogP contribution in [0, 0.1) is 13.8 Å². The molecule has 3 nitrogen and oxygen atoms in total. The van der Waals surface area contributed by atoms with E-state index in [2.05, 4.69) is 48.5 Å². The molecule has 5 heteroatoms. The first-order valence-corrected chi connectivity index (χ1v) is 11.6. The highest BCUT2D eigenvalue weighted by Crippen LogP contribution is 2.40. The van der Waals surface area contributed by atoms with Crippen molar-refractivity contribution in [3.8, 4) is 22.3 Å². The van der Waals surface area contributed by atoms with Gasteiger partial charge in [0.2, 0.25) is 0 Å². The fraction of sp³-hybridized carbons (Fsp3) is 0.111. The summed E-state index contributed by atoms with van der Waals surface area (Å²) in [5.74, 6) is 0. The minimum absolute atomic E-state index is 0.913. The van der Waals surface area contributed by atoms with Crippen LogP contribution in [0.3, 0.4) is 0 Å². The van der Waals surface area contributed by atoms with E-state index in [0.29, 0.717) is 0 Å². The average Bonchev–Trinajstić information content (AvgIpc) is 2.79. The van der Waals surface area contributed by atoms with Crippen molar-refractivity contribution in [3.05, 3.63) is 84.2 Å². The number of nitrogens with zero attached hydrogens (tertiary/aromatic N) is 2. The Kier molecular flexibility index (Phi) is 5.64. The fourth-order valence-electron chi connectivity index (χ4n) is 4.23. The van der Waals surface area contributed by atoms with Gasteiger partial charge in [-0.3, -0.25) is 9.97 Å². The molecule has 0 amide bonds. The van der Waals surface area contributed by atoms with Crippen molar-refractivity contribution in [2.24, 2.45) is 0 Å². The molecule has 0 radical (unpaired) electrons. The van der Waals surface area contributed by atoms with Gasteiger partial charge in [-0.2, -0.15) is 0 Å². The molecule has 0 spiro atoms. The summed E-state index contributed by atoms with van der Waals surface area (Å²) in [7, 11) is 1.69. The molecular weight excluding hydrogens is 432 g/mol. The second kappa shape index (κ2) is 8.58. The third-order valence-corrected chi connectivity index (χ3v) is 6.65. The predicted molar refractivity (Wildman–Crippen MR) is 138 cm³/mol. The van der Waals surface area contributed by atoms with Crippen molar-refractivity contribution in [1.82, 2.24) is 9.97 Å². The third-order valence-electron chi connectivity index (χ3n) is 5.56. The normalized spacial score (nSPS) is 11.4. The first-order chi connectivity index (χ1) is 15.6. The second-order valence-corrected chi connectivity index (χ2v) is 9.17. The summed E-state index contributed by atoms with van der Waals surface area (Å²) in [6.45, 7) is 4.07. The Balaban J connectivity index is 1.86. The van der Waals surface area contributed by atoms with Gasteiger partial charge in [0, 0.05) is 44.0 Å². The van der Waals surface area contributed by atoms with Crippen molar-refractivity contribution in [1.29, 1.82) is 0 Å². The van der Waals surface area contributed by atoms with Crippen molar-refractivity contribution < 1.29 is 4.18 Å². The second-order valence-electron chi connectivity index (χ2n) is 7.74. The van der Waals surface area contributed by atoms with Gasteiger partial charge in [0.1, 0.15) is 0 Å². The number of aryl methyl sites for hydroxylation is 2. The maximum atomic E-state index is 5.38. The standard InChI is InChI=1S/C27H22N2OS2/c1-16-14-22(18-8-4-6-10-24(18)31)20-12-13-21-23(15-17(2)29-27(21)26(20)28-16)19-9-5-7-11-25(19)32-30-3/h4-15,31H,1-3H3. The number of hydrogen-bond donors (Lipinski definition) is 1. The molecule has 0 saturated carbocycles. The zero-order chi connectivity index (χ0) is 22.2. The summed E-state index contributed by atoms with van der Waals surface area (Å²) in [5.41, 5.74) is 8.22. The number of benzene rings is 3. The molecule has 0 aliphatic rings. The van der Waals surface area contributed by atoms with E-state index >= 15 is 0 Å². The average molecular weight is 455 g/mol. The topological polar surface area (TPSA) is 35.0 Å². The molecule has 32 heavy (non-hydrogen) atoms. The number of aromatic nitrogens is 2. The van der Waals surface area contributed by atoms with Crippen LogP contribution in [0.1, 0.15) is 11.4 Å².